The Bertz CT molecular complexity index is 383. The van der Waals surface area contributed by atoms with Crippen LogP contribution in [0.2, 0.25) is 0 Å². The molecule has 0 fully saturated rings. The van der Waals surface area contributed by atoms with Gasteiger partial charge in [-0.25, -0.2) is 9.59 Å². The maximum atomic E-state index is 11.7. The Balaban J connectivity index is 2.63. The molecule has 0 aromatic carbocycles. The third-order valence-corrected chi connectivity index (χ3v) is 2.31. The normalized spacial score (nSPS) is 18.8. The predicted octanol–water partition coefficient (Wildman–Crippen LogP) is 2.45. The summed E-state index contributed by atoms with van der Waals surface area (Å²) in [4.78, 5) is 22.2. The SMILES string of the molecule is CC(C)(C)OC(=O)C1=CC/C(=C/C(=O)O)CC1. The van der Waals surface area contributed by atoms with Crippen molar-refractivity contribution >= 4 is 11.9 Å². The van der Waals surface area contributed by atoms with E-state index in [2.05, 4.69) is 0 Å². The first kappa shape index (κ1) is 13.5. The molecule has 4 nitrogen and oxygen atoms in total. The van der Waals surface area contributed by atoms with Gasteiger partial charge in [0.1, 0.15) is 5.60 Å². The van der Waals surface area contributed by atoms with Crippen molar-refractivity contribution in [3.05, 3.63) is 23.3 Å². The number of rotatable bonds is 2. The van der Waals surface area contributed by atoms with Crippen LogP contribution in [0.25, 0.3) is 0 Å². The first-order valence-corrected chi connectivity index (χ1v) is 5.63. The second-order valence-corrected chi connectivity index (χ2v) is 5.08. The molecule has 0 spiro atoms. The summed E-state index contributed by atoms with van der Waals surface area (Å²) in [5.41, 5.74) is 0.988. The molecular weight excluding hydrogens is 220 g/mol. The molecule has 0 atom stereocenters. The molecule has 0 bridgehead atoms. The third kappa shape index (κ3) is 4.85. The molecule has 0 heterocycles. The summed E-state index contributed by atoms with van der Waals surface area (Å²) >= 11 is 0. The molecule has 0 saturated carbocycles. The predicted molar refractivity (Wildman–Crippen MR) is 63.5 cm³/mol. The fourth-order valence-electron chi connectivity index (χ4n) is 1.59. The van der Waals surface area contributed by atoms with Crippen molar-refractivity contribution in [2.75, 3.05) is 0 Å². The fourth-order valence-corrected chi connectivity index (χ4v) is 1.59. The minimum absolute atomic E-state index is 0.299. The molecular formula is C13H18O4. The molecule has 1 N–H and O–H groups in total. The van der Waals surface area contributed by atoms with Gasteiger partial charge in [-0.2, -0.15) is 0 Å². The second-order valence-electron chi connectivity index (χ2n) is 5.08. The number of carbonyl (C=O) groups is 2. The van der Waals surface area contributed by atoms with Crippen LogP contribution in [0, 0.1) is 0 Å². The highest BCUT2D eigenvalue weighted by atomic mass is 16.6. The van der Waals surface area contributed by atoms with Crippen LogP contribution in [0.1, 0.15) is 40.0 Å². The van der Waals surface area contributed by atoms with Crippen molar-refractivity contribution in [2.45, 2.75) is 45.6 Å². The van der Waals surface area contributed by atoms with E-state index in [4.69, 9.17) is 9.84 Å². The van der Waals surface area contributed by atoms with E-state index in [-0.39, 0.29) is 5.97 Å². The van der Waals surface area contributed by atoms with E-state index in [1.165, 1.54) is 6.08 Å². The molecule has 0 aromatic heterocycles. The van der Waals surface area contributed by atoms with E-state index in [1.807, 2.05) is 20.8 Å². The Morgan fingerprint density at radius 1 is 1.35 bits per heavy atom. The topological polar surface area (TPSA) is 63.6 Å². The number of allylic oxidation sites excluding steroid dienone is 2. The van der Waals surface area contributed by atoms with Gasteiger partial charge < -0.3 is 9.84 Å². The molecule has 94 valence electrons. The highest BCUT2D eigenvalue weighted by Crippen LogP contribution is 2.24. The minimum atomic E-state index is -0.936. The van der Waals surface area contributed by atoms with E-state index in [9.17, 15) is 9.59 Å². The van der Waals surface area contributed by atoms with Crippen molar-refractivity contribution < 1.29 is 19.4 Å². The molecule has 1 aliphatic rings. The monoisotopic (exact) mass is 238 g/mol. The number of esters is 1. The van der Waals surface area contributed by atoms with Gasteiger partial charge in [-0.1, -0.05) is 11.6 Å². The lowest BCUT2D eigenvalue weighted by atomic mass is 9.94. The van der Waals surface area contributed by atoms with Crippen LogP contribution >= 0.6 is 0 Å². The molecule has 0 radical (unpaired) electrons. The zero-order valence-electron chi connectivity index (χ0n) is 10.4. The lowest BCUT2D eigenvalue weighted by molar-refractivity contribution is -0.150. The molecule has 4 heteroatoms. The van der Waals surface area contributed by atoms with Gasteiger partial charge in [0.2, 0.25) is 0 Å². The van der Waals surface area contributed by atoms with Gasteiger partial charge in [0.05, 0.1) is 0 Å². The zero-order valence-corrected chi connectivity index (χ0v) is 10.4. The van der Waals surface area contributed by atoms with E-state index in [0.717, 1.165) is 5.57 Å². The van der Waals surface area contributed by atoms with Crippen molar-refractivity contribution in [1.82, 2.24) is 0 Å². The van der Waals surface area contributed by atoms with E-state index in [0.29, 0.717) is 24.8 Å². The van der Waals surface area contributed by atoms with Crippen LogP contribution in [0.5, 0.6) is 0 Å². The zero-order chi connectivity index (χ0) is 13.1. The summed E-state index contributed by atoms with van der Waals surface area (Å²) in [6.45, 7) is 5.47. The van der Waals surface area contributed by atoms with Gasteiger partial charge in [-0.3, -0.25) is 0 Å². The van der Waals surface area contributed by atoms with Gasteiger partial charge in [-0.05, 0) is 40.0 Å². The minimum Gasteiger partial charge on any atom is -0.478 e. The molecule has 0 aromatic rings. The van der Waals surface area contributed by atoms with Crippen LogP contribution in [-0.2, 0) is 14.3 Å². The highest BCUT2D eigenvalue weighted by molar-refractivity contribution is 5.89. The molecule has 17 heavy (non-hydrogen) atoms. The average molecular weight is 238 g/mol. The number of carbonyl (C=O) groups excluding carboxylic acids is 1. The summed E-state index contributed by atoms with van der Waals surface area (Å²) in [6.07, 6.45) is 4.64. The molecule has 0 amide bonds. The average Bonchev–Trinajstić information content (AvgIpc) is 2.15. The van der Waals surface area contributed by atoms with Crippen molar-refractivity contribution in [3.63, 3.8) is 0 Å². The summed E-state index contributed by atoms with van der Waals surface area (Å²) in [6, 6.07) is 0. The summed E-state index contributed by atoms with van der Waals surface area (Å²) in [5.74, 6) is -1.24. The highest BCUT2D eigenvalue weighted by Gasteiger charge is 2.21. The fraction of sp³-hybridized carbons (Fsp3) is 0.538. The number of carboxylic acids is 1. The van der Waals surface area contributed by atoms with E-state index < -0.39 is 11.6 Å². The number of aliphatic carboxylic acids is 1. The molecule has 0 aliphatic heterocycles. The Morgan fingerprint density at radius 3 is 2.41 bits per heavy atom. The van der Waals surface area contributed by atoms with E-state index in [1.54, 1.807) is 6.08 Å². The Kier molecular flexibility index (Phi) is 4.10. The summed E-state index contributed by atoms with van der Waals surface area (Å²) in [5, 5.41) is 8.60. The van der Waals surface area contributed by atoms with Crippen molar-refractivity contribution in [3.8, 4) is 0 Å². The Hall–Kier alpha value is -1.58. The van der Waals surface area contributed by atoms with Gasteiger partial charge in [0, 0.05) is 11.6 Å². The number of carboxylic acid groups (broad SMARTS) is 1. The van der Waals surface area contributed by atoms with E-state index >= 15 is 0 Å². The van der Waals surface area contributed by atoms with Crippen molar-refractivity contribution in [2.24, 2.45) is 0 Å². The number of hydrogen-bond donors (Lipinski definition) is 1. The third-order valence-electron chi connectivity index (χ3n) is 2.31. The lowest BCUT2D eigenvalue weighted by Gasteiger charge is -2.22. The van der Waals surface area contributed by atoms with Crippen LogP contribution in [0.3, 0.4) is 0 Å². The molecule has 0 unspecified atom stereocenters. The molecule has 0 saturated heterocycles. The van der Waals surface area contributed by atoms with Crippen LogP contribution < -0.4 is 0 Å². The standard InChI is InChI=1S/C13H18O4/c1-13(2,3)17-12(16)10-6-4-9(5-7-10)8-11(14)15/h6,8H,4-5,7H2,1-3H3,(H,14,15)/b9-8-. The molecule has 1 rings (SSSR count). The second kappa shape index (κ2) is 5.17. The number of hydrogen-bond acceptors (Lipinski definition) is 3. The smallest absolute Gasteiger partial charge is 0.334 e. The first-order valence-electron chi connectivity index (χ1n) is 5.63. The maximum absolute atomic E-state index is 11.7. The van der Waals surface area contributed by atoms with Crippen LogP contribution in [-0.4, -0.2) is 22.6 Å². The summed E-state index contributed by atoms with van der Waals surface area (Å²) < 4.78 is 5.25. The molecule has 1 aliphatic carbocycles. The van der Waals surface area contributed by atoms with Crippen LogP contribution in [0.15, 0.2) is 23.3 Å². The van der Waals surface area contributed by atoms with Crippen LogP contribution in [0.4, 0.5) is 0 Å². The Labute approximate surface area is 101 Å². The largest absolute Gasteiger partial charge is 0.478 e. The lowest BCUT2D eigenvalue weighted by Crippen LogP contribution is -2.25. The van der Waals surface area contributed by atoms with Gasteiger partial charge in [0.15, 0.2) is 0 Å². The number of ether oxygens (including phenoxy) is 1. The first-order chi connectivity index (χ1) is 7.78. The maximum Gasteiger partial charge on any atom is 0.334 e. The van der Waals surface area contributed by atoms with Crippen molar-refractivity contribution in [1.29, 1.82) is 0 Å². The quantitative estimate of drug-likeness (QED) is 0.593. The summed E-state index contributed by atoms with van der Waals surface area (Å²) in [7, 11) is 0. The Morgan fingerprint density at radius 2 is 2.00 bits per heavy atom. The van der Waals surface area contributed by atoms with Gasteiger partial charge in [-0.15, -0.1) is 0 Å². The van der Waals surface area contributed by atoms with Gasteiger partial charge in [0.25, 0.3) is 0 Å². The van der Waals surface area contributed by atoms with Gasteiger partial charge >= 0.3 is 11.9 Å².